The third-order valence-corrected chi connectivity index (χ3v) is 17.2. The fraction of sp³-hybridized carbons (Fsp3) is 0. The Labute approximate surface area is 488 Å². The second kappa shape index (κ2) is 20.5. The molecule has 1 heterocycles. The van der Waals surface area contributed by atoms with Crippen LogP contribution in [0, 0.1) is 0 Å². The van der Waals surface area contributed by atoms with Gasteiger partial charge in [0, 0.05) is 33.2 Å². The molecule has 0 N–H and O–H groups in total. The number of anilines is 3. The number of nitrogens with zero attached hydrogens (tertiary/aromatic N) is 2. The molecular formula is C82H54N2. The van der Waals surface area contributed by atoms with Gasteiger partial charge in [-0.15, -0.1) is 0 Å². The van der Waals surface area contributed by atoms with Gasteiger partial charge in [-0.1, -0.05) is 261 Å². The molecule has 0 bridgehead atoms. The highest BCUT2D eigenvalue weighted by atomic mass is 15.1. The highest BCUT2D eigenvalue weighted by molar-refractivity contribution is 6.26. The lowest BCUT2D eigenvalue weighted by Crippen LogP contribution is -2.10. The first kappa shape index (κ1) is 48.8. The number of rotatable bonds is 10. The minimum Gasteiger partial charge on any atom is -0.310 e. The zero-order valence-corrected chi connectivity index (χ0v) is 46.1. The summed E-state index contributed by atoms with van der Waals surface area (Å²) in [6.07, 6.45) is 0. The van der Waals surface area contributed by atoms with E-state index in [9.17, 15) is 0 Å². The van der Waals surface area contributed by atoms with Crippen molar-refractivity contribution in [2.75, 3.05) is 4.90 Å². The predicted octanol–water partition coefficient (Wildman–Crippen LogP) is 22.9. The Morgan fingerprint density at radius 3 is 1.12 bits per heavy atom. The van der Waals surface area contributed by atoms with Gasteiger partial charge in [-0.05, 0) is 171 Å². The van der Waals surface area contributed by atoms with Gasteiger partial charge < -0.3 is 9.47 Å². The highest BCUT2D eigenvalue weighted by Gasteiger charge is 2.23. The average molecular weight is 1070 g/mol. The molecule has 16 aromatic rings. The van der Waals surface area contributed by atoms with Gasteiger partial charge in [-0.3, -0.25) is 0 Å². The smallest absolute Gasteiger partial charge is 0.0541 e. The summed E-state index contributed by atoms with van der Waals surface area (Å²) in [7, 11) is 0. The Balaban J connectivity index is 0.854. The maximum Gasteiger partial charge on any atom is 0.0541 e. The number of benzene rings is 15. The Morgan fingerprint density at radius 1 is 0.214 bits per heavy atom. The molecule has 392 valence electrons. The van der Waals surface area contributed by atoms with Crippen LogP contribution in [0.15, 0.2) is 328 Å². The molecule has 0 fully saturated rings. The lowest BCUT2D eigenvalue weighted by molar-refractivity contribution is 1.17. The van der Waals surface area contributed by atoms with Gasteiger partial charge in [0.1, 0.15) is 0 Å². The number of para-hydroxylation sites is 1. The Morgan fingerprint density at radius 2 is 0.583 bits per heavy atom. The normalized spacial score (nSPS) is 11.6. The molecule has 0 amide bonds. The first-order chi connectivity index (χ1) is 41.7. The van der Waals surface area contributed by atoms with Crippen molar-refractivity contribution in [3.8, 4) is 72.4 Å². The van der Waals surface area contributed by atoms with Gasteiger partial charge in [0.25, 0.3) is 0 Å². The van der Waals surface area contributed by atoms with Crippen LogP contribution in [0.5, 0.6) is 0 Å². The molecule has 0 saturated carbocycles. The van der Waals surface area contributed by atoms with Crippen LogP contribution in [0.4, 0.5) is 17.1 Å². The molecule has 1 aromatic heterocycles. The van der Waals surface area contributed by atoms with Crippen LogP contribution < -0.4 is 4.90 Å². The molecule has 0 radical (unpaired) electrons. The lowest BCUT2D eigenvalue weighted by atomic mass is 9.83. The molecule has 15 aromatic carbocycles. The van der Waals surface area contributed by atoms with Crippen LogP contribution in [0.3, 0.4) is 0 Å². The SMILES string of the molecule is c1ccc(-c2ccccc2-c2ccc3c(c2)c2cc(-c4ccccc4-c4ccccc4)ccc2n3-c2ccc(N(c3ccccc3)c3cccc4c(-c5c6ccccc6c(-c6cccc7ccccc67)c6ccccc56)cccc34)cc2)cc1. The molecule has 0 saturated heterocycles. The van der Waals surface area contributed by atoms with Crippen molar-refractivity contribution in [3.63, 3.8) is 0 Å². The van der Waals surface area contributed by atoms with E-state index in [1.165, 1.54) is 121 Å². The minimum absolute atomic E-state index is 1.07. The maximum absolute atomic E-state index is 2.45. The number of hydrogen-bond acceptors (Lipinski definition) is 1. The zero-order chi connectivity index (χ0) is 55.5. The van der Waals surface area contributed by atoms with E-state index in [4.69, 9.17) is 0 Å². The van der Waals surface area contributed by atoms with Crippen LogP contribution in [0.2, 0.25) is 0 Å². The second-order valence-electron chi connectivity index (χ2n) is 21.9. The largest absolute Gasteiger partial charge is 0.310 e. The standard InChI is InChI=1S/C82H54N2/c1-4-23-55(24-5-1)63-31-12-14-34-66(63)58-45-51-79-76(53-58)77-54-59(67-35-15-13-32-64(67)56-25-6-2-7-26-56)46-52-80(77)84(79)62-49-47-61(48-50-62)83(60-29-8-3-9-30-60)78-44-22-40-68-69(78)41-21-43-71(68)82-74-38-18-16-36-72(74)81(73-37-17-19-39-75(73)82)70-42-20-28-57-27-10-11-33-65(57)70/h1-54H. The van der Waals surface area contributed by atoms with E-state index in [0.29, 0.717) is 0 Å². The van der Waals surface area contributed by atoms with Crippen LogP contribution in [0.1, 0.15) is 0 Å². The summed E-state index contributed by atoms with van der Waals surface area (Å²) in [5.41, 5.74) is 21.2. The molecular weight excluding hydrogens is 1010 g/mol. The van der Waals surface area contributed by atoms with Crippen molar-refractivity contribution < 1.29 is 0 Å². The molecule has 16 rings (SSSR count). The summed E-state index contributed by atoms with van der Waals surface area (Å²) < 4.78 is 2.45. The minimum atomic E-state index is 1.07. The van der Waals surface area contributed by atoms with Crippen molar-refractivity contribution in [3.05, 3.63) is 328 Å². The van der Waals surface area contributed by atoms with Crippen molar-refractivity contribution in [1.29, 1.82) is 0 Å². The van der Waals surface area contributed by atoms with E-state index in [2.05, 4.69) is 337 Å². The van der Waals surface area contributed by atoms with E-state index in [0.717, 1.165) is 33.8 Å². The van der Waals surface area contributed by atoms with Gasteiger partial charge in [0.15, 0.2) is 0 Å². The molecule has 0 aliphatic heterocycles. The molecule has 84 heavy (non-hydrogen) atoms. The van der Waals surface area contributed by atoms with E-state index in [-0.39, 0.29) is 0 Å². The van der Waals surface area contributed by atoms with Gasteiger partial charge in [-0.2, -0.15) is 0 Å². The summed E-state index contributed by atoms with van der Waals surface area (Å²) >= 11 is 0. The van der Waals surface area contributed by atoms with Gasteiger partial charge in [0.2, 0.25) is 0 Å². The molecule has 0 spiro atoms. The van der Waals surface area contributed by atoms with E-state index < -0.39 is 0 Å². The molecule has 2 heteroatoms. The quantitative estimate of drug-likeness (QED) is 0.124. The van der Waals surface area contributed by atoms with E-state index in [1.54, 1.807) is 0 Å². The van der Waals surface area contributed by atoms with Crippen molar-refractivity contribution in [1.82, 2.24) is 4.57 Å². The molecule has 0 aliphatic rings. The Bertz CT molecular complexity index is 4970. The van der Waals surface area contributed by atoms with Crippen LogP contribution in [-0.4, -0.2) is 4.57 Å². The highest BCUT2D eigenvalue weighted by Crippen LogP contribution is 2.49. The van der Waals surface area contributed by atoms with Crippen molar-refractivity contribution in [2.24, 2.45) is 0 Å². The number of aromatic nitrogens is 1. The topological polar surface area (TPSA) is 8.17 Å². The maximum atomic E-state index is 2.45. The zero-order valence-electron chi connectivity index (χ0n) is 46.1. The Kier molecular flexibility index (Phi) is 11.9. The lowest BCUT2D eigenvalue weighted by Gasteiger charge is -2.27. The van der Waals surface area contributed by atoms with Crippen molar-refractivity contribution >= 4 is 82.0 Å². The predicted molar refractivity (Wildman–Crippen MR) is 358 cm³/mol. The first-order valence-electron chi connectivity index (χ1n) is 29.0. The van der Waals surface area contributed by atoms with Crippen LogP contribution in [0.25, 0.3) is 137 Å². The van der Waals surface area contributed by atoms with Crippen LogP contribution in [-0.2, 0) is 0 Å². The van der Waals surface area contributed by atoms with Gasteiger partial charge in [-0.25, -0.2) is 0 Å². The second-order valence-corrected chi connectivity index (χ2v) is 21.9. The summed E-state index contributed by atoms with van der Waals surface area (Å²) in [5.74, 6) is 0. The summed E-state index contributed by atoms with van der Waals surface area (Å²) in [6, 6.07) is 120. The summed E-state index contributed by atoms with van der Waals surface area (Å²) in [5, 5.41) is 12.2. The third-order valence-electron chi connectivity index (χ3n) is 17.2. The summed E-state index contributed by atoms with van der Waals surface area (Å²) in [4.78, 5) is 2.43. The Hall–Kier alpha value is -11.1. The van der Waals surface area contributed by atoms with E-state index in [1.807, 2.05) is 0 Å². The third kappa shape index (κ3) is 8.18. The fourth-order valence-electron chi connectivity index (χ4n) is 13.5. The number of hydrogen-bond donors (Lipinski definition) is 0. The fourth-order valence-corrected chi connectivity index (χ4v) is 13.5. The average Bonchev–Trinajstić information content (AvgIpc) is 1.56. The van der Waals surface area contributed by atoms with Gasteiger partial charge in [0.05, 0.1) is 16.7 Å². The molecule has 2 nitrogen and oxygen atoms in total. The summed E-state index contributed by atoms with van der Waals surface area (Å²) in [6.45, 7) is 0. The molecule has 0 aliphatic carbocycles. The van der Waals surface area contributed by atoms with E-state index >= 15 is 0 Å². The van der Waals surface area contributed by atoms with Gasteiger partial charge >= 0.3 is 0 Å². The first-order valence-corrected chi connectivity index (χ1v) is 29.0. The van der Waals surface area contributed by atoms with Crippen molar-refractivity contribution in [2.45, 2.75) is 0 Å². The molecule has 0 unspecified atom stereocenters. The van der Waals surface area contributed by atoms with Crippen LogP contribution >= 0.6 is 0 Å². The monoisotopic (exact) mass is 1070 g/mol. The molecule has 0 atom stereocenters. The number of fused-ring (bicyclic) bond motifs is 7.